The van der Waals surface area contributed by atoms with Crippen molar-refractivity contribution in [1.29, 1.82) is 0 Å². The maximum absolute atomic E-state index is 11.0. The van der Waals surface area contributed by atoms with Gasteiger partial charge >= 0.3 is 0 Å². The summed E-state index contributed by atoms with van der Waals surface area (Å²) in [6, 6.07) is 0. The first-order valence-electron chi connectivity index (χ1n) is 5.65. The van der Waals surface area contributed by atoms with Gasteiger partial charge in [0, 0.05) is 6.42 Å². The average molecular weight is 228 g/mol. The van der Waals surface area contributed by atoms with Crippen LogP contribution < -0.4 is 0 Å². The fourth-order valence-electron chi connectivity index (χ4n) is 1.42. The van der Waals surface area contributed by atoms with Crippen molar-refractivity contribution in [3.05, 3.63) is 0 Å². The Morgan fingerprint density at radius 2 is 1.88 bits per heavy atom. The molecule has 4 heteroatoms. The Bertz CT molecular complexity index is 245. The molecule has 0 aliphatic carbocycles. The molecule has 0 aromatic carbocycles. The van der Waals surface area contributed by atoms with E-state index in [2.05, 4.69) is 0 Å². The number of rotatable bonds is 9. The molecular weight excluding hydrogens is 208 g/mol. The van der Waals surface area contributed by atoms with Crippen molar-refractivity contribution >= 4 is 17.9 Å². The van der Waals surface area contributed by atoms with Crippen LogP contribution in [-0.2, 0) is 14.4 Å². The highest BCUT2D eigenvalue weighted by molar-refractivity contribution is 5.91. The Labute approximate surface area is 96.0 Å². The summed E-state index contributed by atoms with van der Waals surface area (Å²) in [4.78, 5) is 32.5. The zero-order valence-electron chi connectivity index (χ0n) is 9.94. The fourth-order valence-corrected chi connectivity index (χ4v) is 1.42. The maximum atomic E-state index is 11.0. The van der Waals surface area contributed by atoms with Crippen LogP contribution in [0.1, 0.15) is 46.0 Å². The second kappa shape index (κ2) is 8.16. The van der Waals surface area contributed by atoms with E-state index >= 15 is 0 Å². The predicted molar refractivity (Wildman–Crippen MR) is 60.0 cm³/mol. The number of carbonyl (C=O) groups is 3. The van der Waals surface area contributed by atoms with Crippen LogP contribution in [0.25, 0.3) is 0 Å². The van der Waals surface area contributed by atoms with Gasteiger partial charge in [0.15, 0.2) is 5.78 Å². The fraction of sp³-hybridized carbons (Fsp3) is 0.750. The van der Waals surface area contributed by atoms with Crippen LogP contribution in [0.3, 0.4) is 0 Å². The predicted octanol–water partition coefficient (Wildman–Crippen LogP) is 1.29. The number of aliphatic hydroxyl groups is 1. The van der Waals surface area contributed by atoms with E-state index in [-0.39, 0.29) is 11.6 Å². The summed E-state index contributed by atoms with van der Waals surface area (Å²) < 4.78 is 0. The SMILES string of the molecule is CC(=O)[C@H](C=O)CCCCCC(=O)[C@@H](C)O. The number of ketones is 2. The quantitative estimate of drug-likeness (QED) is 0.367. The Morgan fingerprint density at radius 1 is 1.25 bits per heavy atom. The molecule has 0 radical (unpaired) electrons. The van der Waals surface area contributed by atoms with Gasteiger partial charge in [0.2, 0.25) is 0 Å². The van der Waals surface area contributed by atoms with Gasteiger partial charge in [0.05, 0.1) is 5.92 Å². The van der Waals surface area contributed by atoms with E-state index in [0.29, 0.717) is 25.5 Å². The summed E-state index contributed by atoms with van der Waals surface area (Å²) in [6.07, 6.45) is 2.98. The molecule has 0 aliphatic heterocycles. The van der Waals surface area contributed by atoms with Crippen LogP contribution in [0, 0.1) is 5.92 Å². The maximum Gasteiger partial charge on any atom is 0.160 e. The third-order valence-corrected chi connectivity index (χ3v) is 2.59. The molecule has 0 fully saturated rings. The summed E-state index contributed by atoms with van der Waals surface area (Å²) in [6.45, 7) is 2.87. The molecule has 0 bridgehead atoms. The van der Waals surface area contributed by atoms with Crippen LogP contribution in [-0.4, -0.2) is 29.1 Å². The molecule has 92 valence electrons. The Kier molecular flexibility index (Phi) is 7.64. The lowest BCUT2D eigenvalue weighted by Gasteiger charge is -2.06. The number of hydrogen-bond donors (Lipinski definition) is 1. The topological polar surface area (TPSA) is 71.4 Å². The van der Waals surface area contributed by atoms with Gasteiger partial charge in [-0.25, -0.2) is 0 Å². The Balaban J connectivity index is 3.57. The summed E-state index contributed by atoms with van der Waals surface area (Å²) in [5, 5.41) is 8.94. The van der Waals surface area contributed by atoms with Gasteiger partial charge in [0.25, 0.3) is 0 Å². The first-order valence-corrected chi connectivity index (χ1v) is 5.65. The molecule has 0 aliphatic rings. The number of aliphatic hydroxyl groups excluding tert-OH is 1. The van der Waals surface area contributed by atoms with Crippen molar-refractivity contribution in [2.75, 3.05) is 0 Å². The van der Waals surface area contributed by atoms with Crippen LogP contribution in [0.2, 0.25) is 0 Å². The Morgan fingerprint density at radius 3 is 2.31 bits per heavy atom. The van der Waals surface area contributed by atoms with Crippen molar-refractivity contribution in [3.63, 3.8) is 0 Å². The lowest BCUT2D eigenvalue weighted by Crippen LogP contribution is -2.15. The minimum Gasteiger partial charge on any atom is -0.386 e. The van der Waals surface area contributed by atoms with Crippen molar-refractivity contribution in [2.45, 2.75) is 52.1 Å². The highest BCUT2D eigenvalue weighted by Gasteiger charge is 2.12. The molecule has 0 heterocycles. The van der Waals surface area contributed by atoms with E-state index in [9.17, 15) is 14.4 Å². The molecule has 0 amide bonds. The van der Waals surface area contributed by atoms with E-state index in [1.54, 1.807) is 0 Å². The molecule has 4 nitrogen and oxygen atoms in total. The molecule has 1 N–H and O–H groups in total. The van der Waals surface area contributed by atoms with Crippen molar-refractivity contribution in [1.82, 2.24) is 0 Å². The van der Waals surface area contributed by atoms with Crippen LogP contribution in [0.15, 0.2) is 0 Å². The lowest BCUT2D eigenvalue weighted by atomic mass is 9.98. The number of aldehydes is 1. The van der Waals surface area contributed by atoms with Crippen molar-refractivity contribution in [2.24, 2.45) is 5.92 Å². The molecule has 0 rings (SSSR count). The number of unbranched alkanes of at least 4 members (excludes halogenated alkanes) is 2. The molecule has 2 atom stereocenters. The molecule has 0 aromatic rings. The normalized spacial score (nSPS) is 14.2. The molecule has 0 unspecified atom stereocenters. The van der Waals surface area contributed by atoms with E-state index in [1.807, 2.05) is 0 Å². The first kappa shape index (κ1) is 15.0. The minimum absolute atomic E-state index is 0.102. The van der Waals surface area contributed by atoms with E-state index in [4.69, 9.17) is 5.11 Å². The van der Waals surface area contributed by atoms with Crippen molar-refractivity contribution in [3.8, 4) is 0 Å². The highest BCUT2D eigenvalue weighted by atomic mass is 16.3. The average Bonchev–Trinajstić information content (AvgIpc) is 2.22. The lowest BCUT2D eigenvalue weighted by molar-refractivity contribution is -0.127. The largest absolute Gasteiger partial charge is 0.386 e. The van der Waals surface area contributed by atoms with E-state index < -0.39 is 12.0 Å². The van der Waals surface area contributed by atoms with Crippen LogP contribution in [0.5, 0.6) is 0 Å². The number of carbonyl (C=O) groups excluding carboxylic acids is 3. The third-order valence-electron chi connectivity index (χ3n) is 2.59. The monoisotopic (exact) mass is 228 g/mol. The molecule has 0 saturated heterocycles. The second-order valence-electron chi connectivity index (χ2n) is 4.09. The van der Waals surface area contributed by atoms with Gasteiger partial charge in [0.1, 0.15) is 18.2 Å². The van der Waals surface area contributed by atoms with Gasteiger partial charge in [-0.15, -0.1) is 0 Å². The molecular formula is C12H20O4. The van der Waals surface area contributed by atoms with Crippen LogP contribution >= 0.6 is 0 Å². The van der Waals surface area contributed by atoms with E-state index in [1.165, 1.54) is 13.8 Å². The number of Topliss-reactive ketones (excluding diaryl/α,β-unsaturated/α-hetero) is 2. The van der Waals surface area contributed by atoms with Gasteiger partial charge < -0.3 is 9.90 Å². The summed E-state index contributed by atoms with van der Waals surface area (Å²) in [7, 11) is 0. The van der Waals surface area contributed by atoms with Gasteiger partial charge in [-0.3, -0.25) is 9.59 Å². The molecule has 0 saturated carbocycles. The third kappa shape index (κ3) is 6.45. The van der Waals surface area contributed by atoms with Gasteiger partial charge in [-0.2, -0.15) is 0 Å². The first-order chi connectivity index (χ1) is 7.49. The summed E-state index contributed by atoms with van der Waals surface area (Å²) >= 11 is 0. The summed E-state index contributed by atoms with van der Waals surface area (Å²) in [5.41, 5.74) is 0. The summed E-state index contributed by atoms with van der Waals surface area (Å²) in [5.74, 6) is -0.749. The van der Waals surface area contributed by atoms with Crippen LogP contribution in [0.4, 0.5) is 0 Å². The van der Waals surface area contributed by atoms with Gasteiger partial charge in [-0.1, -0.05) is 12.8 Å². The Hall–Kier alpha value is -1.03. The number of hydrogen-bond acceptors (Lipinski definition) is 4. The minimum atomic E-state index is -0.889. The highest BCUT2D eigenvalue weighted by Crippen LogP contribution is 2.10. The molecule has 0 aromatic heterocycles. The van der Waals surface area contributed by atoms with Crippen molar-refractivity contribution < 1.29 is 19.5 Å². The standard InChI is InChI=1S/C12H20O4/c1-9(14)11(8-13)6-4-3-5-7-12(16)10(2)15/h8,10-11,15H,3-7H2,1-2H3/t10-,11+/m1/s1. The molecule has 0 spiro atoms. The van der Waals surface area contributed by atoms with E-state index in [0.717, 1.165) is 12.8 Å². The zero-order valence-corrected chi connectivity index (χ0v) is 9.94. The second-order valence-corrected chi connectivity index (χ2v) is 4.09. The zero-order chi connectivity index (χ0) is 12.6. The van der Waals surface area contributed by atoms with Gasteiger partial charge in [-0.05, 0) is 26.7 Å². The molecule has 16 heavy (non-hydrogen) atoms. The smallest absolute Gasteiger partial charge is 0.160 e.